The number of carbonyl (C=O) groups excluding carboxylic acids is 1. The molecule has 4 N–H and O–H groups in total. The van der Waals surface area contributed by atoms with E-state index in [-0.39, 0.29) is 18.8 Å². The quantitative estimate of drug-likeness (QED) is 0.563. The van der Waals surface area contributed by atoms with E-state index in [0.29, 0.717) is 24.5 Å². The summed E-state index contributed by atoms with van der Waals surface area (Å²) in [4.78, 5) is 19.3. The summed E-state index contributed by atoms with van der Waals surface area (Å²) < 4.78 is 26.5. The van der Waals surface area contributed by atoms with Gasteiger partial charge in [-0.3, -0.25) is 15.7 Å². The van der Waals surface area contributed by atoms with Crippen molar-refractivity contribution < 1.29 is 13.6 Å². The lowest BCUT2D eigenvalue weighted by Gasteiger charge is -2.27. The molecule has 0 aromatic carbocycles. The minimum atomic E-state index is -2.56. The maximum Gasteiger partial charge on any atom is 0.326 e. The zero-order valence-corrected chi connectivity index (χ0v) is 13.9. The minimum Gasteiger partial charge on any atom is -0.360 e. The molecule has 0 saturated heterocycles. The standard InChI is InChI=1S/C17H18F2N6O/c18-17(19)4-1-10(2-5-17)12-8-15(25-24-12)23-16(26)22-14-7-11-3-6-20-13(11)9-21-14/h3,6-10,20H,1-2,4-5H2,(H3,21,22,23,24,25,26). The predicted octanol–water partition coefficient (Wildman–Crippen LogP) is 4.22. The molecule has 0 atom stereocenters. The Bertz CT molecular complexity index is 924. The first kappa shape index (κ1) is 16.5. The second kappa shape index (κ2) is 6.40. The van der Waals surface area contributed by atoms with Crippen molar-refractivity contribution in [2.75, 3.05) is 10.6 Å². The molecule has 0 bridgehead atoms. The molecule has 0 radical (unpaired) electrons. The smallest absolute Gasteiger partial charge is 0.326 e. The highest BCUT2D eigenvalue weighted by atomic mass is 19.3. The van der Waals surface area contributed by atoms with Crippen molar-refractivity contribution in [3.8, 4) is 0 Å². The molecule has 3 aromatic heterocycles. The van der Waals surface area contributed by atoms with Gasteiger partial charge in [-0.1, -0.05) is 0 Å². The Kier molecular flexibility index (Phi) is 4.06. The van der Waals surface area contributed by atoms with Crippen LogP contribution in [0.15, 0.2) is 30.6 Å². The largest absolute Gasteiger partial charge is 0.360 e. The van der Waals surface area contributed by atoms with E-state index in [1.165, 1.54) is 0 Å². The number of aromatic amines is 2. The number of nitrogens with one attached hydrogen (secondary N) is 4. The first-order valence-corrected chi connectivity index (χ1v) is 8.43. The summed E-state index contributed by atoms with van der Waals surface area (Å²) >= 11 is 0. The highest BCUT2D eigenvalue weighted by Gasteiger charge is 2.35. The number of hydrogen-bond acceptors (Lipinski definition) is 3. The fourth-order valence-corrected chi connectivity index (χ4v) is 3.24. The molecule has 0 unspecified atom stereocenters. The Morgan fingerprint density at radius 1 is 1.19 bits per heavy atom. The highest BCUT2D eigenvalue weighted by Crippen LogP contribution is 2.40. The summed E-state index contributed by atoms with van der Waals surface area (Å²) in [6, 6.07) is 4.86. The van der Waals surface area contributed by atoms with Crippen LogP contribution < -0.4 is 10.6 Å². The van der Waals surface area contributed by atoms with Gasteiger partial charge in [-0.2, -0.15) is 5.10 Å². The summed E-state index contributed by atoms with van der Waals surface area (Å²) in [5.41, 5.74) is 1.65. The third kappa shape index (κ3) is 3.51. The van der Waals surface area contributed by atoms with Crippen molar-refractivity contribution in [2.45, 2.75) is 37.5 Å². The molecule has 3 heterocycles. The molecule has 2 amide bonds. The van der Waals surface area contributed by atoms with E-state index in [1.807, 2.05) is 6.07 Å². The summed E-state index contributed by atoms with van der Waals surface area (Å²) in [6.07, 6.45) is 4.00. The molecule has 1 aliphatic rings. The number of alkyl halides is 2. The first-order valence-electron chi connectivity index (χ1n) is 8.43. The molecular weight excluding hydrogens is 342 g/mol. The van der Waals surface area contributed by atoms with E-state index in [1.54, 1.807) is 24.5 Å². The SMILES string of the molecule is O=C(Nc1cc2cc[nH]c2cn1)Nc1cc(C2CCC(F)(F)CC2)[nH]n1. The van der Waals surface area contributed by atoms with Gasteiger partial charge in [0, 0.05) is 42.1 Å². The van der Waals surface area contributed by atoms with E-state index >= 15 is 0 Å². The van der Waals surface area contributed by atoms with E-state index < -0.39 is 12.0 Å². The summed E-state index contributed by atoms with van der Waals surface area (Å²) in [7, 11) is 0. The molecule has 7 nitrogen and oxygen atoms in total. The average Bonchev–Trinajstić information content (AvgIpc) is 3.23. The van der Waals surface area contributed by atoms with Crippen LogP contribution in [0, 0.1) is 0 Å². The predicted molar refractivity (Wildman–Crippen MR) is 93.5 cm³/mol. The van der Waals surface area contributed by atoms with Crippen molar-refractivity contribution in [1.29, 1.82) is 0 Å². The molecule has 1 fully saturated rings. The van der Waals surface area contributed by atoms with Crippen LogP contribution in [0.1, 0.15) is 37.3 Å². The average molecular weight is 360 g/mol. The van der Waals surface area contributed by atoms with Gasteiger partial charge >= 0.3 is 6.03 Å². The van der Waals surface area contributed by atoms with Crippen LogP contribution in [0.25, 0.3) is 10.9 Å². The minimum absolute atomic E-state index is 0.0124. The van der Waals surface area contributed by atoms with Gasteiger partial charge in [-0.15, -0.1) is 0 Å². The zero-order chi connectivity index (χ0) is 18.1. The van der Waals surface area contributed by atoms with Gasteiger partial charge in [-0.25, -0.2) is 18.6 Å². The zero-order valence-electron chi connectivity index (χ0n) is 13.9. The summed E-state index contributed by atoms with van der Waals surface area (Å²) in [5.74, 6) is -1.79. The van der Waals surface area contributed by atoms with Gasteiger partial charge in [0.25, 0.3) is 0 Å². The number of rotatable bonds is 3. The Balaban J connectivity index is 1.36. The van der Waals surface area contributed by atoms with Crippen LogP contribution in [0.3, 0.4) is 0 Å². The van der Waals surface area contributed by atoms with Crippen LogP contribution >= 0.6 is 0 Å². The highest BCUT2D eigenvalue weighted by molar-refractivity contribution is 5.99. The number of urea groups is 1. The maximum absolute atomic E-state index is 13.3. The third-order valence-electron chi connectivity index (χ3n) is 4.68. The number of aromatic nitrogens is 4. The number of carbonyl (C=O) groups is 1. The van der Waals surface area contributed by atoms with Crippen molar-refractivity contribution >= 4 is 28.6 Å². The number of H-pyrrole nitrogens is 2. The first-order chi connectivity index (χ1) is 12.5. The lowest BCUT2D eigenvalue weighted by Crippen LogP contribution is -2.23. The fraction of sp³-hybridized carbons (Fsp3) is 0.353. The van der Waals surface area contributed by atoms with Crippen LogP contribution in [0.5, 0.6) is 0 Å². The molecule has 1 aliphatic carbocycles. The lowest BCUT2D eigenvalue weighted by molar-refractivity contribution is -0.0384. The van der Waals surface area contributed by atoms with Crippen molar-refractivity contribution in [2.24, 2.45) is 0 Å². The second-order valence-electron chi connectivity index (χ2n) is 6.55. The Hall–Kier alpha value is -2.97. The fourth-order valence-electron chi connectivity index (χ4n) is 3.24. The molecule has 136 valence electrons. The molecule has 1 saturated carbocycles. The van der Waals surface area contributed by atoms with Gasteiger partial charge in [-0.05, 0) is 25.0 Å². The topological polar surface area (TPSA) is 98.5 Å². The van der Waals surface area contributed by atoms with Crippen molar-refractivity contribution in [3.63, 3.8) is 0 Å². The maximum atomic E-state index is 13.3. The van der Waals surface area contributed by atoms with Gasteiger partial charge < -0.3 is 4.98 Å². The van der Waals surface area contributed by atoms with E-state index in [0.717, 1.165) is 16.6 Å². The van der Waals surface area contributed by atoms with Gasteiger partial charge in [0.05, 0.1) is 11.7 Å². The Morgan fingerprint density at radius 2 is 1.96 bits per heavy atom. The van der Waals surface area contributed by atoms with Gasteiger partial charge in [0.2, 0.25) is 5.92 Å². The van der Waals surface area contributed by atoms with E-state index in [9.17, 15) is 13.6 Å². The molecule has 0 aliphatic heterocycles. The number of hydrogen-bond donors (Lipinski definition) is 4. The number of halogens is 2. The van der Waals surface area contributed by atoms with Crippen LogP contribution in [0.2, 0.25) is 0 Å². The molecule has 0 spiro atoms. The lowest BCUT2D eigenvalue weighted by atomic mass is 9.85. The van der Waals surface area contributed by atoms with Crippen molar-refractivity contribution in [3.05, 3.63) is 36.3 Å². The Labute approximate surface area is 147 Å². The second-order valence-corrected chi connectivity index (χ2v) is 6.55. The molecule has 26 heavy (non-hydrogen) atoms. The molecule has 4 rings (SSSR count). The molecule has 9 heteroatoms. The number of pyridine rings is 1. The van der Waals surface area contributed by atoms with Gasteiger partial charge in [0.1, 0.15) is 5.82 Å². The van der Waals surface area contributed by atoms with Crippen LogP contribution in [-0.2, 0) is 0 Å². The number of fused-ring (bicyclic) bond motifs is 1. The number of anilines is 2. The van der Waals surface area contributed by atoms with E-state index in [4.69, 9.17) is 0 Å². The van der Waals surface area contributed by atoms with Crippen LogP contribution in [0.4, 0.5) is 25.2 Å². The number of nitrogens with zero attached hydrogens (tertiary/aromatic N) is 2. The number of amides is 2. The van der Waals surface area contributed by atoms with E-state index in [2.05, 4.69) is 30.8 Å². The summed E-state index contributed by atoms with van der Waals surface area (Å²) in [5, 5.41) is 13.1. The monoisotopic (exact) mass is 360 g/mol. The summed E-state index contributed by atoms with van der Waals surface area (Å²) in [6.45, 7) is 0. The Morgan fingerprint density at radius 3 is 2.77 bits per heavy atom. The van der Waals surface area contributed by atoms with Gasteiger partial charge in [0.15, 0.2) is 5.82 Å². The molecule has 3 aromatic rings. The normalized spacial score (nSPS) is 17.3. The molecular formula is C17H18F2N6O. The van der Waals surface area contributed by atoms with Crippen molar-refractivity contribution in [1.82, 2.24) is 20.2 Å². The third-order valence-corrected chi connectivity index (χ3v) is 4.68. The van der Waals surface area contributed by atoms with Crippen LogP contribution in [-0.4, -0.2) is 32.1 Å².